The lowest BCUT2D eigenvalue weighted by molar-refractivity contribution is 0.276. The van der Waals surface area contributed by atoms with Crippen molar-refractivity contribution < 1.29 is 9.47 Å². The summed E-state index contributed by atoms with van der Waals surface area (Å²) in [6, 6.07) is 4.34. The summed E-state index contributed by atoms with van der Waals surface area (Å²) in [7, 11) is 0. The summed E-state index contributed by atoms with van der Waals surface area (Å²) in [6.45, 7) is 8.74. The average molecular weight is 379 g/mol. The van der Waals surface area contributed by atoms with E-state index >= 15 is 0 Å². The maximum absolute atomic E-state index is 6.44. The van der Waals surface area contributed by atoms with Crippen LogP contribution in [0.2, 0.25) is 5.02 Å². The molecule has 1 aromatic carbocycles. The second-order valence-corrected chi connectivity index (χ2v) is 6.97. The molecular formula is C19H27ClN4O2. The van der Waals surface area contributed by atoms with Gasteiger partial charge in [0, 0.05) is 19.0 Å². The van der Waals surface area contributed by atoms with Crippen LogP contribution in [0, 0.1) is 6.92 Å². The number of aromatic nitrogens is 3. The molecule has 1 aliphatic heterocycles. The van der Waals surface area contributed by atoms with E-state index < -0.39 is 0 Å². The number of fused-ring (bicyclic) bond motifs is 1. The number of aryl methyl sites for hydroxylation is 2. The van der Waals surface area contributed by atoms with E-state index in [4.69, 9.17) is 21.1 Å². The van der Waals surface area contributed by atoms with Crippen LogP contribution < -0.4 is 14.8 Å². The lowest BCUT2D eigenvalue weighted by Gasteiger charge is -2.24. The second kappa shape index (κ2) is 8.73. The average Bonchev–Trinajstić information content (AvgIpc) is 2.99. The van der Waals surface area contributed by atoms with Crippen molar-refractivity contribution in [3.63, 3.8) is 0 Å². The van der Waals surface area contributed by atoms with E-state index in [-0.39, 0.29) is 0 Å². The molecule has 1 N–H and O–H groups in total. The molecule has 0 saturated carbocycles. The highest BCUT2D eigenvalue weighted by atomic mass is 35.5. The molecular weight excluding hydrogens is 352 g/mol. The van der Waals surface area contributed by atoms with Gasteiger partial charge in [0.05, 0.1) is 24.8 Å². The Hall–Kier alpha value is -1.79. The van der Waals surface area contributed by atoms with Gasteiger partial charge < -0.3 is 14.8 Å². The number of benzene rings is 1. The van der Waals surface area contributed by atoms with Crippen LogP contribution in [0.15, 0.2) is 12.1 Å². The second-order valence-electron chi connectivity index (χ2n) is 6.56. The van der Waals surface area contributed by atoms with Gasteiger partial charge >= 0.3 is 0 Å². The van der Waals surface area contributed by atoms with Crippen LogP contribution in [-0.2, 0) is 19.5 Å². The number of hydrogen-bond acceptors (Lipinski definition) is 5. The Morgan fingerprint density at radius 1 is 1.31 bits per heavy atom. The van der Waals surface area contributed by atoms with Gasteiger partial charge in [-0.25, -0.2) is 9.67 Å². The van der Waals surface area contributed by atoms with Crippen LogP contribution in [0.5, 0.6) is 11.5 Å². The predicted molar refractivity (Wildman–Crippen MR) is 102 cm³/mol. The van der Waals surface area contributed by atoms with Crippen molar-refractivity contribution in [2.24, 2.45) is 0 Å². The van der Waals surface area contributed by atoms with Crippen LogP contribution in [0.25, 0.3) is 0 Å². The Labute approximate surface area is 159 Å². The van der Waals surface area contributed by atoms with E-state index in [1.165, 1.54) is 0 Å². The first-order valence-electron chi connectivity index (χ1n) is 9.32. The fraction of sp³-hybridized carbons (Fsp3) is 0.579. The lowest BCUT2D eigenvalue weighted by atomic mass is 10.1. The minimum absolute atomic E-state index is 0.369. The Balaban J connectivity index is 1.66. The van der Waals surface area contributed by atoms with Crippen LogP contribution in [-0.4, -0.2) is 34.0 Å². The SMILES string of the molecule is CCCOc1c(Cl)cc(CNC2CCc3nc(C)nn3C2)cc1OCC. The van der Waals surface area contributed by atoms with Crippen molar-refractivity contribution >= 4 is 11.6 Å². The molecule has 0 spiro atoms. The molecule has 6 nitrogen and oxygen atoms in total. The molecule has 2 aromatic rings. The predicted octanol–water partition coefficient (Wildman–Crippen LogP) is 3.53. The summed E-state index contributed by atoms with van der Waals surface area (Å²) in [5.41, 5.74) is 1.09. The highest BCUT2D eigenvalue weighted by Crippen LogP contribution is 2.37. The van der Waals surface area contributed by atoms with Crippen LogP contribution in [0.3, 0.4) is 0 Å². The van der Waals surface area contributed by atoms with Gasteiger partial charge in [-0.05, 0) is 44.4 Å². The number of hydrogen-bond donors (Lipinski definition) is 1. The third-order valence-electron chi connectivity index (χ3n) is 4.38. The number of halogens is 1. The summed E-state index contributed by atoms with van der Waals surface area (Å²) in [5, 5.41) is 8.66. The Kier molecular flexibility index (Phi) is 6.38. The zero-order chi connectivity index (χ0) is 18.5. The van der Waals surface area contributed by atoms with Gasteiger partial charge in [0.25, 0.3) is 0 Å². The zero-order valence-corrected chi connectivity index (χ0v) is 16.5. The third-order valence-corrected chi connectivity index (χ3v) is 4.66. The number of nitrogens with zero attached hydrogens (tertiary/aromatic N) is 3. The van der Waals surface area contributed by atoms with E-state index in [0.717, 1.165) is 49.6 Å². The molecule has 7 heteroatoms. The summed E-state index contributed by atoms with van der Waals surface area (Å²) in [5.74, 6) is 3.28. The molecule has 26 heavy (non-hydrogen) atoms. The molecule has 142 valence electrons. The van der Waals surface area contributed by atoms with Crippen molar-refractivity contribution in [3.8, 4) is 11.5 Å². The monoisotopic (exact) mass is 378 g/mol. The van der Waals surface area contributed by atoms with Crippen LogP contribution in [0.1, 0.15) is 43.9 Å². The van der Waals surface area contributed by atoms with Crippen molar-refractivity contribution in [1.82, 2.24) is 20.1 Å². The van der Waals surface area contributed by atoms with Crippen molar-refractivity contribution in [2.45, 2.75) is 59.2 Å². The Morgan fingerprint density at radius 2 is 2.15 bits per heavy atom. The van der Waals surface area contributed by atoms with Crippen molar-refractivity contribution in [1.29, 1.82) is 0 Å². The molecule has 2 heterocycles. The maximum Gasteiger partial charge on any atom is 0.179 e. The highest BCUT2D eigenvalue weighted by Gasteiger charge is 2.21. The normalized spacial score (nSPS) is 16.4. The fourth-order valence-electron chi connectivity index (χ4n) is 3.19. The van der Waals surface area contributed by atoms with Crippen molar-refractivity contribution in [2.75, 3.05) is 13.2 Å². The van der Waals surface area contributed by atoms with E-state index in [9.17, 15) is 0 Å². The number of nitrogens with one attached hydrogen (secondary N) is 1. The van der Waals surface area contributed by atoms with E-state index in [1.807, 2.05) is 30.7 Å². The standard InChI is InChI=1S/C19H27ClN4O2/c1-4-8-26-19-16(20)9-14(10-17(19)25-5-2)11-21-15-6-7-18-22-13(3)23-24(18)12-15/h9-10,15,21H,4-8,11-12H2,1-3H3. The van der Waals surface area contributed by atoms with Gasteiger partial charge in [0.15, 0.2) is 11.5 Å². The van der Waals surface area contributed by atoms with Gasteiger partial charge in [-0.15, -0.1) is 0 Å². The molecule has 0 amide bonds. The summed E-state index contributed by atoms with van der Waals surface area (Å²) >= 11 is 6.44. The molecule has 0 fully saturated rings. The van der Waals surface area contributed by atoms with Crippen molar-refractivity contribution in [3.05, 3.63) is 34.4 Å². The first kappa shape index (κ1) is 19.0. The van der Waals surface area contributed by atoms with Gasteiger partial charge in [0.1, 0.15) is 11.6 Å². The molecule has 0 radical (unpaired) electrons. The molecule has 0 aliphatic carbocycles. The first-order chi connectivity index (χ1) is 12.6. The molecule has 0 bridgehead atoms. The van der Waals surface area contributed by atoms with Gasteiger partial charge in [-0.3, -0.25) is 0 Å². The Morgan fingerprint density at radius 3 is 2.92 bits per heavy atom. The van der Waals surface area contributed by atoms with Crippen LogP contribution >= 0.6 is 11.6 Å². The van der Waals surface area contributed by atoms with Gasteiger partial charge in [-0.1, -0.05) is 18.5 Å². The van der Waals surface area contributed by atoms with E-state index in [0.29, 0.717) is 35.8 Å². The quantitative estimate of drug-likeness (QED) is 0.761. The fourth-order valence-corrected chi connectivity index (χ4v) is 3.48. The highest BCUT2D eigenvalue weighted by molar-refractivity contribution is 6.32. The topological polar surface area (TPSA) is 61.2 Å². The maximum atomic E-state index is 6.44. The first-order valence-corrected chi connectivity index (χ1v) is 9.70. The minimum Gasteiger partial charge on any atom is -0.490 e. The summed E-state index contributed by atoms with van der Waals surface area (Å²) < 4.78 is 13.5. The molecule has 3 rings (SSSR count). The molecule has 1 unspecified atom stereocenters. The largest absolute Gasteiger partial charge is 0.490 e. The molecule has 1 aromatic heterocycles. The van der Waals surface area contributed by atoms with Gasteiger partial charge in [0.2, 0.25) is 0 Å². The number of rotatable bonds is 8. The molecule has 1 atom stereocenters. The minimum atomic E-state index is 0.369. The summed E-state index contributed by atoms with van der Waals surface area (Å²) in [4.78, 5) is 4.46. The zero-order valence-electron chi connectivity index (χ0n) is 15.7. The Bertz CT molecular complexity index is 747. The number of ether oxygens (including phenoxy) is 2. The van der Waals surface area contributed by atoms with E-state index in [2.05, 4.69) is 22.3 Å². The van der Waals surface area contributed by atoms with Crippen LogP contribution in [0.4, 0.5) is 0 Å². The smallest absolute Gasteiger partial charge is 0.179 e. The molecule has 1 aliphatic rings. The van der Waals surface area contributed by atoms with E-state index in [1.54, 1.807) is 0 Å². The van der Waals surface area contributed by atoms with Gasteiger partial charge in [-0.2, -0.15) is 5.10 Å². The molecule has 0 saturated heterocycles. The third kappa shape index (κ3) is 4.48. The summed E-state index contributed by atoms with van der Waals surface area (Å²) in [6.07, 6.45) is 2.94. The lowest BCUT2D eigenvalue weighted by Crippen LogP contribution is -2.37.